The Balaban J connectivity index is 1.88. The van der Waals surface area contributed by atoms with Gasteiger partial charge >= 0.3 is 0 Å². The molecular weight excluding hydrogens is 214 g/mol. The average molecular weight is 233 g/mol. The second kappa shape index (κ2) is 4.22. The van der Waals surface area contributed by atoms with E-state index < -0.39 is 0 Å². The largest absolute Gasteiger partial charge is 0.496 e. The van der Waals surface area contributed by atoms with Gasteiger partial charge in [-0.1, -0.05) is 0 Å². The van der Waals surface area contributed by atoms with Gasteiger partial charge < -0.3 is 14.8 Å². The van der Waals surface area contributed by atoms with Gasteiger partial charge in [-0.3, -0.25) is 0 Å². The standard InChI is InChI=1S/C14H19NO2/c1-9-3-11-5-13(16-2)12(6-14(11)17-9)4-10-7-15-8-10/h5-6,9-10,15H,3-4,7-8H2,1-2H3. The fourth-order valence-electron chi connectivity index (χ4n) is 2.63. The first-order valence-corrected chi connectivity index (χ1v) is 6.33. The Morgan fingerprint density at radius 2 is 2.24 bits per heavy atom. The summed E-state index contributed by atoms with van der Waals surface area (Å²) in [5.74, 6) is 2.83. The van der Waals surface area contributed by atoms with Crippen molar-refractivity contribution in [2.75, 3.05) is 20.2 Å². The van der Waals surface area contributed by atoms with Crippen LogP contribution in [0, 0.1) is 5.92 Å². The van der Waals surface area contributed by atoms with Crippen molar-refractivity contribution in [1.29, 1.82) is 0 Å². The van der Waals surface area contributed by atoms with E-state index in [9.17, 15) is 0 Å². The maximum Gasteiger partial charge on any atom is 0.123 e. The highest BCUT2D eigenvalue weighted by Gasteiger charge is 2.24. The molecule has 2 heterocycles. The zero-order valence-electron chi connectivity index (χ0n) is 10.5. The van der Waals surface area contributed by atoms with Crippen LogP contribution in [0.2, 0.25) is 0 Å². The summed E-state index contributed by atoms with van der Waals surface area (Å²) in [5, 5.41) is 3.31. The normalized spacial score (nSPS) is 22.8. The molecule has 3 rings (SSSR count). The molecule has 0 spiro atoms. The summed E-state index contributed by atoms with van der Waals surface area (Å²) in [6, 6.07) is 4.33. The smallest absolute Gasteiger partial charge is 0.123 e. The third-order valence-electron chi connectivity index (χ3n) is 3.67. The third-order valence-corrected chi connectivity index (χ3v) is 3.67. The van der Waals surface area contributed by atoms with Crippen LogP contribution in [-0.2, 0) is 12.8 Å². The molecule has 17 heavy (non-hydrogen) atoms. The minimum absolute atomic E-state index is 0.301. The van der Waals surface area contributed by atoms with E-state index in [-0.39, 0.29) is 0 Å². The summed E-state index contributed by atoms with van der Waals surface area (Å²) >= 11 is 0. The van der Waals surface area contributed by atoms with Crippen molar-refractivity contribution in [1.82, 2.24) is 5.32 Å². The van der Waals surface area contributed by atoms with E-state index in [4.69, 9.17) is 9.47 Å². The SMILES string of the molecule is COc1cc2c(cc1CC1CNC1)OC(C)C2. The van der Waals surface area contributed by atoms with Crippen molar-refractivity contribution < 1.29 is 9.47 Å². The van der Waals surface area contributed by atoms with Gasteiger partial charge in [-0.2, -0.15) is 0 Å². The highest BCUT2D eigenvalue weighted by molar-refractivity contribution is 5.49. The number of rotatable bonds is 3. The summed E-state index contributed by atoms with van der Waals surface area (Å²) in [4.78, 5) is 0. The number of hydrogen-bond donors (Lipinski definition) is 1. The second-order valence-corrected chi connectivity index (χ2v) is 5.13. The molecule has 1 fully saturated rings. The quantitative estimate of drug-likeness (QED) is 0.863. The van der Waals surface area contributed by atoms with E-state index in [0.29, 0.717) is 6.10 Å². The lowest BCUT2D eigenvalue weighted by molar-refractivity contribution is 0.254. The highest BCUT2D eigenvalue weighted by Crippen LogP contribution is 2.36. The molecule has 3 nitrogen and oxygen atoms in total. The van der Waals surface area contributed by atoms with Gasteiger partial charge in [0.05, 0.1) is 7.11 Å². The maximum atomic E-state index is 5.81. The molecule has 1 saturated heterocycles. The number of nitrogens with one attached hydrogen (secondary N) is 1. The molecule has 2 aliphatic rings. The Labute approximate surface area is 102 Å². The van der Waals surface area contributed by atoms with Crippen molar-refractivity contribution in [3.63, 3.8) is 0 Å². The predicted octanol–water partition coefficient (Wildman–Crippen LogP) is 1.78. The van der Waals surface area contributed by atoms with E-state index in [0.717, 1.165) is 43.3 Å². The third kappa shape index (κ3) is 2.00. The predicted molar refractivity (Wildman–Crippen MR) is 66.9 cm³/mol. The van der Waals surface area contributed by atoms with Crippen LogP contribution in [0.4, 0.5) is 0 Å². The molecule has 0 radical (unpaired) electrons. The fraction of sp³-hybridized carbons (Fsp3) is 0.571. The first-order valence-electron chi connectivity index (χ1n) is 6.33. The van der Waals surface area contributed by atoms with Gasteiger partial charge in [0.2, 0.25) is 0 Å². The Morgan fingerprint density at radius 1 is 1.41 bits per heavy atom. The molecule has 0 aromatic heterocycles. The Bertz CT molecular complexity index is 426. The van der Waals surface area contributed by atoms with Gasteiger partial charge in [0.15, 0.2) is 0 Å². The first kappa shape index (κ1) is 10.9. The Morgan fingerprint density at radius 3 is 2.88 bits per heavy atom. The number of fused-ring (bicyclic) bond motifs is 1. The average Bonchev–Trinajstić information content (AvgIpc) is 2.61. The van der Waals surface area contributed by atoms with E-state index >= 15 is 0 Å². The van der Waals surface area contributed by atoms with Crippen LogP contribution in [0.25, 0.3) is 0 Å². The fourth-order valence-corrected chi connectivity index (χ4v) is 2.63. The molecule has 0 bridgehead atoms. The molecule has 1 N–H and O–H groups in total. The Hall–Kier alpha value is -1.22. The van der Waals surface area contributed by atoms with Gasteiger partial charge in [-0.15, -0.1) is 0 Å². The van der Waals surface area contributed by atoms with Crippen LogP contribution in [0.3, 0.4) is 0 Å². The van der Waals surface area contributed by atoms with Crippen LogP contribution in [0.5, 0.6) is 11.5 Å². The molecule has 2 aliphatic heterocycles. The lowest BCUT2D eigenvalue weighted by Crippen LogP contribution is -2.43. The number of methoxy groups -OCH3 is 1. The zero-order valence-corrected chi connectivity index (χ0v) is 10.5. The molecule has 1 aromatic carbocycles. The molecule has 0 aliphatic carbocycles. The molecule has 0 amide bonds. The molecule has 1 unspecified atom stereocenters. The summed E-state index contributed by atoms with van der Waals surface area (Å²) < 4.78 is 11.3. The summed E-state index contributed by atoms with van der Waals surface area (Å²) in [7, 11) is 1.75. The minimum Gasteiger partial charge on any atom is -0.496 e. The van der Waals surface area contributed by atoms with Crippen LogP contribution in [-0.4, -0.2) is 26.3 Å². The van der Waals surface area contributed by atoms with Crippen LogP contribution in [0.15, 0.2) is 12.1 Å². The van der Waals surface area contributed by atoms with Gasteiger partial charge in [-0.25, -0.2) is 0 Å². The second-order valence-electron chi connectivity index (χ2n) is 5.13. The first-order chi connectivity index (χ1) is 8.26. The van der Waals surface area contributed by atoms with Crippen molar-refractivity contribution in [2.45, 2.75) is 25.9 Å². The van der Waals surface area contributed by atoms with E-state index in [1.54, 1.807) is 7.11 Å². The minimum atomic E-state index is 0.301. The van der Waals surface area contributed by atoms with Gasteiger partial charge in [0, 0.05) is 12.0 Å². The highest BCUT2D eigenvalue weighted by atomic mass is 16.5. The van der Waals surface area contributed by atoms with E-state index in [2.05, 4.69) is 24.4 Å². The van der Waals surface area contributed by atoms with Crippen LogP contribution < -0.4 is 14.8 Å². The molecule has 3 heteroatoms. The van der Waals surface area contributed by atoms with Crippen molar-refractivity contribution >= 4 is 0 Å². The molecule has 1 aromatic rings. The van der Waals surface area contributed by atoms with Gasteiger partial charge in [0.1, 0.15) is 17.6 Å². The van der Waals surface area contributed by atoms with Crippen molar-refractivity contribution in [3.05, 3.63) is 23.3 Å². The van der Waals surface area contributed by atoms with Crippen LogP contribution >= 0.6 is 0 Å². The van der Waals surface area contributed by atoms with E-state index in [1.165, 1.54) is 11.1 Å². The number of ether oxygens (including phenoxy) is 2. The molecule has 92 valence electrons. The zero-order chi connectivity index (χ0) is 11.8. The summed E-state index contributed by atoms with van der Waals surface area (Å²) in [6.45, 7) is 4.36. The number of benzene rings is 1. The topological polar surface area (TPSA) is 30.5 Å². The van der Waals surface area contributed by atoms with Crippen LogP contribution in [0.1, 0.15) is 18.1 Å². The molecule has 0 saturated carbocycles. The lowest BCUT2D eigenvalue weighted by atomic mass is 9.93. The molecule has 1 atom stereocenters. The van der Waals surface area contributed by atoms with Crippen molar-refractivity contribution in [2.24, 2.45) is 5.92 Å². The monoisotopic (exact) mass is 233 g/mol. The summed E-state index contributed by atoms with van der Waals surface area (Å²) in [5.41, 5.74) is 2.57. The van der Waals surface area contributed by atoms with Gasteiger partial charge in [-0.05, 0) is 50.0 Å². The van der Waals surface area contributed by atoms with Gasteiger partial charge in [0.25, 0.3) is 0 Å². The number of hydrogen-bond acceptors (Lipinski definition) is 3. The summed E-state index contributed by atoms with van der Waals surface area (Å²) in [6.07, 6.45) is 2.38. The van der Waals surface area contributed by atoms with Crippen molar-refractivity contribution in [3.8, 4) is 11.5 Å². The maximum absolute atomic E-state index is 5.81. The molecular formula is C14H19NO2. The van der Waals surface area contributed by atoms with E-state index in [1.807, 2.05) is 0 Å². The Kier molecular flexibility index (Phi) is 2.71. The lowest BCUT2D eigenvalue weighted by Gasteiger charge is -2.27.